The summed E-state index contributed by atoms with van der Waals surface area (Å²) >= 11 is 0. The first kappa shape index (κ1) is 13.4. The molecule has 0 aliphatic rings. The number of hydrogen-bond acceptors (Lipinski definition) is 6. The molecule has 0 saturated heterocycles. The van der Waals surface area contributed by atoms with E-state index in [9.17, 15) is 9.90 Å². The Labute approximate surface area is 109 Å². The van der Waals surface area contributed by atoms with E-state index in [1.807, 2.05) is 0 Å². The third-order valence-electron chi connectivity index (χ3n) is 2.65. The number of aromatic nitrogens is 4. The number of aryl methyl sites for hydroxylation is 1. The van der Waals surface area contributed by atoms with Crippen LogP contribution in [0.15, 0.2) is 12.5 Å². The zero-order valence-corrected chi connectivity index (χ0v) is 10.7. The monoisotopic (exact) mass is 265 g/mol. The van der Waals surface area contributed by atoms with Gasteiger partial charge in [0.15, 0.2) is 0 Å². The maximum absolute atomic E-state index is 12.0. The van der Waals surface area contributed by atoms with E-state index < -0.39 is 6.10 Å². The number of carbonyl (C=O) groups excluding carboxylic acids is 1. The summed E-state index contributed by atoms with van der Waals surface area (Å²) < 4.78 is 6.26. The number of hydrogen-bond donors (Lipinski definition) is 2. The summed E-state index contributed by atoms with van der Waals surface area (Å²) in [5, 5.41) is 16.1. The van der Waals surface area contributed by atoms with Crippen LogP contribution < -0.4 is 5.32 Å². The van der Waals surface area contributed by atoms with Gasteiger partial charge >= 0.3 is 0 Å². The Morgan fingerprint density at radius 3 is 3.11 bits per heavy atom. The number of aliphatic hydroxyl groups excluding tert-OH is 1. The Morgan fingerprint density at radius 1 is 1.58 bits per heavy atom. The first-order chi connectivity index (χ1) is 9.13. The lowest BCUT2D eigenvalue weighted by Crippen LogP contribution is -2.35. The summed E-state index contributed by atoms with van der Waals surface area (Å²) in [5.74, 6) is 0.117. The molecular formula is C11H15N5O3. The predicted molar refractivity (Wildman–Crippen MR) is 65.7 cm³/mol. The van der Waals surface area contributed by atoms with Gasteiger partial charge in [0.25, 0.3) is 11.7 Å². The fourth-order valence-corrected chi connectivity index (χ4v) is 1.67. The average molecular weight is 265 g/mol. The summed E-state index contributed by atoms with van der Waals surface area (Å²) in [7, 11) is 1.48. The minimum absolute atomic E-state index is 0.113. The second-order valence-corrected chi connectivity index (χ2v) is 4.05. The molecule has 0 fully saturated rings. The Balaban J connectivity index is 2.11. The van der Waals surface area contributed by atoms with Crippen molar-refractivity contribution >= 4 is 11.7 Å². The van der Waals surface area contributed by atoms with Crippen LogP contribution in [0.4, 0.5) is 0 Å². The molecule has 0 aliphatic heterocycles. The molecule has 2 aromatic heterocycles. The van der Waals surface area contributed by atoms with Gasteiger partial charge in [-0.25, -0.2) is 9.50 Å². The van der Waals surface area contributed by atoms with Crippen LogP contribution in [0.2, 0.25) is 0 Å². The molecule has 8 heteroatoms. The summed E-state index contributed by atoms with van der Waals surface area (Å²) in [4.78, 5) is 19.9. The highest BCUT2D eigenvalue weighted by molar-refractivity contribution is 5.95. The third-order valence-corrected chi connectivity index (χ3v) is 2.65. The minimum Gasteiger partial charge on any atom is -0.389 e. The smallest absolute Gasteiger partial charge is 0.254 e. The van der Waals surface area contributed by atoms with Gasteiger partial charge in [-0.05, 0) is 6.92 Å². The van der Waals surface area contributed by atoms with E-state index in [0.29, 0.717) is 17.0 Å². The van der Waals surface area contributed by atoms with Crippen molar-refractivity contribution in [3.8, 4) is 0 Å². The maximum atomic E-state index is 12.0. The molecule has 8 nitrogen and oxygen atoms in total. The lowest BCUT2D eigenvalue weighted by atomic mass is 10.2. The highest BCUT2D eigenvalue weighted by atomic mass is 16.5. The van der Waals surface area contributed by atoms with Gasteiger partial charge in [-0.15, -0.1) is 0 Å². The molecule has 0 radical (unpaired) electrons. The van der Waals surface area contributed by atoms with Gasteiger partial charge in [0.05, 0.1) is 24.0 Å². The van der Waals surface area contributed by atoms with Crippen LogP contribution in [0.5, 0.6) is 0 Å². The van der Waals surface area contributed by atoms with E-state index in [-0.39, 0.29) is 19.1 Å². The number of carbonyl (C=O) groups is 1. The molecule has 0 saturated carbocycles. The standard InChI is InChI=1S/C11H15N5O3/c1-7-9(4-13-11-14-6-15-16(7)11)10(18)12-3-8(17)5-19-2/h4,6,8,17H,3,5H2,1-2H3,(H,12,18). The summed E-state index contributed by atoms with van der Waals surface area (Å²) in [6, 6.07) is 0. The Morgan fingerprint density at radius 2 is 2.37 bits per heavy atom. The van der Waals surface area contributed by atoms with Crippen LogP contribution in [0.1, 0.15) is 16.1 Å². The first-order valence-corrected chi connectivity index (χ1v) is 5.74. The minimum atomic E-state index is -0.739. The van der Waals surface area contributed by atoms with Crippen molar-refractivity contribution in [2.24, 2.45) is 0 Å². The largest absolute Gasteiger partial charge is 0.389 e. The van der Waals surface area contributed by atoms with E-state index in [4.69, 9.17) is 4.74 Å². The fraction of sp³-hybridized carbons (Fsp3) is 0.455. The van der Waals surface area contributed by atoms with E-state index in [1.165, 1.54) is 24.1 Å². The summed E-state index contributed by atoms with van der Waals surface area (Å²) in [5.41, 5.74) is 1.03. The maximum Gasteiger partial charge on any atom is 0.254 e. The van der Waals surface area contributed by atoms with Crippen LogP contribution in [0.3, 0.4) is 0 Å². The number of nitrogens with one attached hydrogen (secondary N) is 1. The lowest BCUT2D eigenvalue weighted by molar-refractivity contribution is 0.0609. The van der Waals surface area contributed by atoms with Crippen LogP contribution in [0.25, 0.3) is 5.78 Å². The van der Waals surface area contributed by atoms with Gasteiger partial charge in [0.1, 0.15) is 6.33 Å². The molecule has 2 N–H and O–H groups in total. The Kier molecular flexibility index (Phi) is 4.03. The normalized spacial score (nSPS) is 12.6. The molecule has 2 aromatic rings. The van der Waals surface area contributed by atoms with E-state index in [0.717, 1.165) is 0 Å². The van der Waals surface area contributed by atoms with Crippen LogP contribution >= 0.6 is 0 Å². The number of amides is 1. The topological polar surface area (TPSA) is 102 Å². The van der Waals surface area contributed by atoms with E-state index >= 15 is 0 Å². The Bertz CT molecular complexity index is 583. The number of nitrogens with zero attached hydrogens (tertiary/aromatic N) is 4. The Hall–Kier alpha value is -2.06. The molecule has 19 heavy (non-hydrogen) atoms. The third kappa shape index (κ3) is 2.85. The number of ether oxygens (including phenoxy) is 1. The number of methoxy groups -OCH3 is 1. The van der Waals surface area contributed by atoms with Crippen LogP contribution in [-0.4, -0.2) is 57.0 Å². The quantitative estimate of drug-likeness (QED) is 0.731. The van der Waals surface area contributed by atoms with Gasteiger partial charge in [-0.3, -0.25) is 4.79 Å². The van der Waals surface area contributed by atoms with Crippen molar-refractivity contribution in [1.82, 2.24) is 24.9 Å². The van der Waals surface area contributed by atoms with Crippen molar-refractivity contribution < 1.29 is 14.6 Å². The molecule has 2 rings (SSSR count). The van der Waals surface area contributed by atoms with E-state index in [1.54, 1.807) is 6.92 Å². The molecule has 0 aliphatic carbocycles. The average Bonchev–Trinajstić information content (AvgIpc) is 2.86. The van der Waals surface area contributed by atoms with Gasteiger partial charge in [0, 0.05) is 19.9 Å². The molecular weight excluding hydrogens is 250 g/mol. The zero-order chi connectivity index (χ0) is 13.8. The molecule has 1 unspecified atom stereocenters. The van der Waals surface area contributed by atoms with Crippen molar-refractivity contribution in [2.45, 2.75) is 13.0 Å². The highest BCUT2D eigenvalue weighted by Gasteiger charge is 2.14. The molecule has 1 amide bonds. The molecule has 102 valence electrons. The molecule has 0 aromatic carbocycles. The van der Waals surface area contributed by atoms with Crippen LogP contribution in [-0.2, 0) is 4.74 Å². The lowest BCUT2D eigenvalue weighted by Gasteiger charge is -2.11. The predicted octanol–water partition coefficient (Wildman–Crippen LogP) is -0.830. The van der Waals surface area contributed by atoms with E-state index in [2.05, 4.69) is 20.4 Å². The number of fused-ring (bicyclic) bond motifs is 1. The highest BCUT2D eigenvalue weighted by Crippen LogP contribution is 2.07. The number of rotatable bonds is 5. The van der Waals surface area contributed by atoms with Crippen molar-refractivity contribution in [1.29, 1.82) is 0 Å². The van der Waals surface area contributed by atoms with Crippen molar-refractivity contribution in [3.63, 3.8) is 0 Å². The molecule has 0 spiro atoms. The molecule has 0 bridgehead atoms. The van der Waals surface area contributed by atoms with Gasteiger partial charge in [-0.2, -0.15) is 10.1 Å². The fourth-order valence-electron chi connectivity index (χ4n) is 1.67. The molecule has 1 atom stereocenters. The summed E-state index contributed by atoms with van der Waals surface area (Å²) in [6.07, 6.45) is 2.08. The van der Waals surface area contributed by atoms with Gasteiger partial charge in [0.2, 0.25) is 0 Å². The summed E-state index contributed by atoms with van der Waals surface area (Å²) in [6.45, 7) is 2.03. The molecule has 2 heterocycles. The van der Waals surface area contributed by atoms with Crippen LogP contribution in [0, 0.1) is 6.92 Å². The first-order valence-electron chi connectivity index (χ1n) is 5.74. The zero-order valence-electron chi connectivity index (χ0n) is 10.7. The second-order valence-electron chi connectivity index (χ2n) is 4.05. The SMILES string of the molecule is COCC(O)CNC(=O)c1cnc2ncnn2c1C. The van der Waals surface area contributed by atoms with Crippen molar-refractivity contribution in [2.75, 3.05) is 20.3 Å². The second kappa shape index (κ2) is 5.72. The number of aliphatic hydroxyl groups is 1. The van der Waals surface area contributed by atoms with Gasteiger partial charge < -0.3 is 15.2 Å². The van der Waals surface area contributed by atoms with Crippen molar-refractivity contribution in [3.05, 3.63) is 23.8 Å². The van der Waals surface area contributed by atoms with Gasteiger partial charge in [-0.1, -0.05) is 0 Å².